The van der Waals surface area contributed by atoms with Gasteiger partial charge in [-0.2, -0.15) is 26.3 Å². The number of amides is 2. The minimum Gasteiger partial charge on any atom is -0.389 e. The number of carbonyl (C=O) groups excluding carboxylic acids is 2. The second kappa shape index (κ2) is 11.2. The average molecular weight is 533 g/mol. The maximum atomic E-state index is 13.7. The van der Waals surface area contributed by atoms with Crippen molar-refractivity contribution in [2.75, 3.05) is 37.6 Å². The second-order valence-corrected chi connectivity index (χ2v) is 8.74. The third-order valence-electron chi connectivity index (χ3n) is 5.59. The van der Waals surface area contributed by atoms with Gasteiger partial charge < -0.3 is 19.9 Å². The zero-order valence-electron chi connectivity index (χ0n) is 20.0. The first-order chi connectivity index (χ1) is 17.3. The molecule has 0 saturated carbocycles. The molecule has 1 aliphatic rings. The Hall–Kier alpha value is -3.58. The Bertz CT molecular complexity index is 1110. The van der Waals surface area contributed by atoms with Crippen LogP contribution in [0.1, 0.15) is 41.8 Å². The van der Waals surface area contributed by atoms with Crippen LogP contribution in [-0.4, -0.2) is 59.8 Å². The fraction of sp³-hybridized carbons (Fsp3) is 0.478. The summed E-state index contributed by atoms with van der Waals surface area (Å²) in [5.41, 5.74) is -2.88. The van der Waals surface area contributed by atoms with E-state index in [-0.39, 0.29) is 44.5 Å². The van der Waals surface area contributed by atoms with Crippen LogP contribution < -0.4 is 15.0 Å². The van der Waals surface area contributed by atoms with Crippen molar-refractivity contribution in [3.63, 3.8) is 0 Å². The molecule has 202 valence electrons. The standard InChI is InChI=1S/C23H25F6N5O3/c1-14(2)7-8-30-21(36)37-19-17(23(27,28)29)13-18(31-32-19)33-9-11-34(12-10-33)20(35)15-5-3-4-6-16(15)22(24,25)26/h3-6,13-14H,7-12H2,1-2H3,(H,30,36). The molecular weight excluding hydrogens is 508 g/mol. The molecule has 2 aromatic rings. The van der Waals surface area contributed by atoms with Crippen LogP contribution in [0.15, 0.2) is 30.3 Å². The Labute approximate surface area is 208 Å². The highest BCUT2D eigenvalue weighted by molar-refractivity contribution is 5.96. The molecule has 1 saturated heterocycles. The predicted octanol–water partition coefficient (Wildman–Crippen LogP) is 4.61. The number of hydrogen-bond donors (Lipinski definition) is 1. The van der Waals surface area contributed by atoms with Gasteiger partial charge in [0.15, 0.2) is 5.82 Å². The molecule has 1 aliphatic heterocycles. The van der Waals surface area contributed by atoms with E-state index in [1.807, 2.05) is 13.8 Å². The molecule has 14 heteroatoms. The number of alkyl halides is 6. The zero-order valence-corrected chi connectivity index (χ0v) is 20.0. The van der Waals surface area contributed by atoms with Gasteiger partial charge in [-0.1, -0.05) is 26.0 Å². The van der Waals surface area contributed by atoms with Gasteiger partial charge in [-0.25, -0.2) is 4.79 Å². The molecule has 0 aliphatic carbocycles. The molecular formula is C23H25F6N5O3. The molecule has 37 heavy (non-hydrogen) atoms. The van der Waals surface area contributed by atoms with E-state index in [2.05, 4.69) is 15.5 Å². The summed E-state index contributed by atoms with van der Waals surface area (Å²) in [7, 11) is 0. The van der Waals surface area contributed by atoms with Gasteiger partial charge in [0.25, 0.3) is 11.8 Å². The van der Waals surface area contributed by atoms with Gasteiger partial charge in [0.2, 0.25) is 0 Å². The van der Waals surface area contributed by atoms with Crippen LogP contribution in [0.25, 0.3) is 0 Å². The van der Waals surface area contributed by atoms with Gasteiger partial charge in [0.1, 0.15) is 5.56 Å². The molecule has 8 nitrogen and oxygen atoms in total. The summed E-state index contributed by atoms with van der Waals surface area (Å²) in [6.45, 7) is 3.94. The number of anilines is 1. The summed E-state index contributed by atoms with van der Waals surface area (Å²) in [6, 6.07) is 5.07. The number of rotatable bonds is 6. The van der Waals surface area contributed by atoms with Crippen LogP contribution in [-0.2, 0) is 12.4 Å². The quantitative estimate of drug-likeness (QED) is 0.546. The van der Waals surface area contributed by atoms with Gasteiger partial charge in [-0.3, -0.25) is 4.79 Å². The average Bonchev–Trinajstić information content (AvgIpc) is 2.82. The van der Waals surface area contributed by atoms with Crippen LogP contribution in [0.4, 0.5) is 37.0 Å². The second-order valence-electron chi connectivity index (χ2n) is 8.74. The molecule has 1 fully saturated rings. The largest absolute Gasteiger partial charge is 0.421 e. The first-order valence-corrected chi connectivity index (χ1v) is 11.4. The zero-order chi connectivity index (χ0) is 27.4. The number of ether oxygens (including phenoxy) is 1. The monoisotopic (exact) mass is 533 g/mol. The lowest BCUT2D eigenvalue weighted by Gasteiger charge is -2.35. The van der Waals surface area contributed by atoms with Crippen molar-refractivity contribution in [1.29, 1.82) is 0 Å². The number of nitrogens with zero attached hydrogens (tertiary/aromatic N) is 4. The fourth-order valence-corrected chi connectivity index (χ4v) is 3.62. The van der Waals surface area contributed by atoms with Crippen LogP contribution >= 0.6 is 0 Å². The third-order valence-corrected chi connectivity index (χ3v) is 5.59. The normalized spacial score (nSPS) is 14.6. The Morgan fingerprint density at radius 2 is 1.59 bits per heavy atom. The van der Waals surface area contributed by atoms with E-state index in [1.54, 1.807) is 0 Å². The maximum absolute atomic E-state index is 13.7. The first kappa shape index (κ1) is 28.0. The van der Waals surface area contributed by atoms with Crippen molar-refractivity contribution in [1.82, 2.24) is 20.4 Å². The highest BCUT2D eigenvalue weighted by atomic mass is 19.4. The number of hydrogen-bond acceptors (Lipinski definition) is 6. The van der Waals surface area contributed by atoms with Gasteiger partial charge >= 0.3 is 18.4 Å². The molecule has 0 atom stereocenters. The van der Waals surface area contributed by atoms with E-state index in [9.17, 15) is 35.9 Å². The van der Waals surface area contributed by atoms with Crippen LogP contribution in [0.5, 0.6) is 5.88 Å². The smallest absolute Gasteiger partial charge is 0.389 e. The summed E-state index contributed by atoms with van der Waals surface area (Å²) in [5.74, 6) is -1.75. The Morgan fingerprint density at radius 3 is 2.19 bits per heavy atom. The molecule has 2 amide bonds. The predicted molar refractivity (Wildman–Crippen MR) is 120 cm³/mol. The summed E-state index contributed by atoms with van der Waals surface area (Å²) >= 11 is 0. The van der Waals surface area contributed by atoms with Crippen LogP contribution in [0.2, 0.25) is 0 Å². The lowest BCUT2D eigenvalue weighted by Crippen LogP contribution is -2.49. The number of aromatic nitrogens is 2. The number of carbonyl (C=O) groups is 2. The number of benzene rings is 1. The van der Waals surface area contributed by atoms with Crippen molar-refractivity contribution in [3.05, 3.63) is 47.0 Å². The fourth-order valence-electron chi connectivity index (χ4n) is 3.62. The molecule has 1 N–H and O–H groups in total. The summed E-state index contributed by atoms with van der Waals surface area (Å²) < 4.78 is 85.5. The third kappa shape index (κ3) is 7.23. The topological polar surface area (TPSA) is 87.7 Å². The lowest BCUT2D eigenvalue weighted by atomic mass is 10.1. The number of halogens is 6. The molecule has 0 radical (unpaired) electrons. The minimum atomic E-state index is -4.91. The van der Waals surface area contributed by atoms with Gasteiger partial charge in [0.05, 0.1) is 11.1 Å². The van der Waals surface area contributed by atoms with Crippen molar-refractivity contribution < 1.29 is 40.7 Å². The van der Waals surface area contributed by atoms with E-state index in [4.69, 9.17) is 4.74 Å². The van der Waals surface area contributed by atoms with Gasteiger partial charge in [-0.05, 0) is 24.5 Å². The van der Waals surface area contributed by atoms with Crippen molar-refractivity contribution in [2.45, 2.75) is 32.6 Å². The Kier molecular flexibility index (Phi) is 8.49. The molecule has 3 rings (SSSR count). The highest BCUT2D eigenvalue weighted by Crippen LogP contribution is 2.37. The van der Waals surface area contributed by atoms with Crippen molar-refractivity contribution in [3.8, 4) is 5.88 Å². The number of nitrogens with one attached hydrogen (secondary N) is 1. The van der Waals surface area contributed by atoms with E-state index in [1.165, 1.54) is 21.9 Å². The summed E-state index contributed by atoms with van der Waals surface area (Å²) in [5, 5.41) is 9.52. The Morgan fingerprint density at radius 1 is 0.973 bits per heavy atom. The highest BCUT2D eigenvalue weighted by Gasteiger charge is 2.39. The van der Waals surface area contributed by atoms with Crippen LogP contribution in [0, 0.1) is 5.92 Å². The number of piperazine rings is 1. The maximum Gasteiger partial charge on any atom is 0.421 e. The lowest BCUT2D eigenvalue weighted by molar-refractivity contribution is -0.139. The van der Waals surface area contributed by atoms with Crippen molar-refractivity contribution in [2.24, 2.45) is 5.92 Å². The van der Waals surface area contributed by atoms with E-state index in [0.29, 0.717) is 12.5 Å². The molecule has 2 heterocycles. The molecule has 1 aromatic heterocycles. The SMILES string of the molecule is CC(C)CCNC(=O)Oc1nnc(N2CCN(C(=O)c3ccccc3C(F)(F)F)CC2)cc1C(F)(F)F. The van der Waals surface area contributed by atoms with E-state index >= 15 is 0 Å². The Balaban J connectivity index is 1.70. The molecule has 0 bridgehead atoms. The van der Waals surface area contributed by atoms with E-state index < -0.39 is 46.9 Å². The van der Waals surface area contributed by atoms with Gasteiger partial charge in [-0.15, -0.1) is 10.2 Å². The summed E-state index contributed by atoms with van der Waals surface area (Å²) in [6.07, 6.45) is -10.1. The van der Waals surface area contributed by atoms with Crippen LogP contribution in [0.3, 0.4) is 0 Å². The van der Waals surface area contributed by atoms with Gasteiger partial charge in [0, 0.05) is 38.8 Å². The van der Waals surface area contributed by atoms with E-state index in [0.717, 1.165) is 12.1 Å². The minimum absolute atomic E-state index is 0.00178. The molecule has 0 unspecified atom stereocenters. The molecule has 1 aromatic carbocycles. The van der Waals surface area contributed by atoms with Crippen molar-refractivity contribution >= 4 is 17.8 Å². The first-order valence-electron chi connectivity index (χ1n) is 11.4. The molecule has 0 spiro atoms. The summed E-state index contributed by atoms with van der Waals surface area (Å²) in [4.78, 5) is 27.2.